The van der Waals surface area contributed by atoms with Gasteiger partial charge in [-0.2, -0.15) is 5.10 Å². The van der Waals surface area contributed by atoms with Gasteiger partial charge in [0.25, 0.3) is 0 Å². The number of nitrogens with zero attached hydrogens (tertiary/aromatic N) is 3. The molecule has 0 aliphatic rings. The average molecular weight is 245 g/mol. The second-order valence-corrected chi connectivity index (χ2v) is 2.92. The van der Waals surface area contributed by atoms with Gasteiger partial charge in [-0.15, -0.1) is 12.1 Å². The number of rotatable bonds is 3. The molecule has 0 atom stereocenters. The number of hydrogen-bond donors (Lipinski definition) is 0. The molecule has 4 nitrogen and oxygen atoms in total. The van der Waals surface area contributed by atoms with Crippen molar-refractivity contribution in [3.8, 4) is 0 Å². The van der Waals surface area contributed by atoms with E-state index in [2.05, 4.69) is 11.7 Å². The fourth-order valence-electron chi connectivity index (χ4n) is 0.825. The quantitative estimate of drug-likeness (QED) is 0.553. The van der Waals surface area contributed by atoms with Gasteiger partial charge < -0.3 is 12.9 Å². The molecule has 1 rings (SSSR count). The number of aryl methyl sites for hydroxylation is 1. The Bertz CT molecular complexity index is 410. The van der Waals surface area contributed by atoms with Gasteiger partial charge in [0.2, 0.25) is 0 Å². The van der Waals surface area contributed by atoms with Crippen molar-refractivity contribution in [1.82, 2.24) is 14.3 Å². The van der Waals surface area contributed by atoms with Gasteiger partial charge >= 0.3 is 64.1 Å². The number of allylic oxidation sites excluding steroid dienone is 1. The minimum absolute atomic E-state index is 0. The van der Waals surface area contributed by atoms with Gasteiger partial charge in [-0.05, 0) is 0 Å². The van der Waals surface area contributed by atoms with Gasteiger partial charge in [0.15, 0.2) is 0 Å². The van der Waals surface area contributed by atoms with E-state index in [0.717, 1.165) is 15.6 Å². The summed E-state index contributed by atoms with van der Waals surface area (Å²) in [5.74, 6) is 0. The second kappa shape index (κ2) is 5.48. The summed E-state index contributed by atoms with van der Waals surface area (Å²) >= 11 is 0. The van der Waals surface area contributed by atoms with E-state index in [0.29, 0.717) is 0 Å². The molecular formula is C6H8BF3KN3O. The molecule has 1 heterocycles. The molecule has 0 saturated carbocycles. The Morgan fingerprint density at radius 2 is 2.13 bits per heavy atom. The Balaban J connectivity index is 0.00000196. The molecule has 78 valence electrons. The van der Waals surface area contributed by atoms with E-state index in [-0.39, 0.29) is 51.4 Å². The first kappa shape index (κ1) is 15.2. The second-order valence-electron chi connectivity index (χ2n) is 2.92. The van der Waals surface area contributed by atoms with E-state index in [9.17, 15) is 17.7 Å². The molecule has 0 amide bonds. The van der Waals surface area contributed by atoms with E-state index < -0.39 is 24.7 Å². The van der Waals surface area contributed by atoms with Crippen LogP contribution in [0.15, 0.2) is 23.2 Å². The van der Waals surface area contributed by atoms with E-state index >= 15 is 0 Å². The summed E-state index contributed by atoms with van der Waals surface area (Å²) in [6.45, 7) is -2.85. The summed E-state index contributed by atoms with van der Waals surface area (Å²) in [7, 11) is 1.41. The molecule has 15 heavy (non-hydrogen) atoms. The first-order chi connectivity index (χ1) is 6.32. The zero-order valence-corrected chi connectivity index (χ0v) is 11.6. The van der Waals surface area contributed by atoms with Crippen molar-refractivity contribution < 1.29 is 64.3 Å². The Labute approximate surface area is 127 Å². The molecule has 0 aliphatic carbocycles. The van der Waals surface area contributed by atoms with E-state index in [1.807, 2.05) is 0 Å². The van der Waals surface area contributed by atoms with Crippen molar-refractivity contribution >= 4 is 6.98 Å². The predicted octanol–water partition coefficient (Wildman–Crippen LogP) is -2.47. The third-order valence-electron chi connectivity index (χ3n) is 1.70. The molecule has 0 N–H and O–H groups in total. The number of hydrogen-bond acceptors (Lipinski definition) is 2. The Morgan fingerprint density at radius 1 is 1.60 bits per heavy atom. The van der Waals surface area contributed by atoms with Gasteiger partial charge in [-0.1, -0.05) is 0 Å². The number of aromatic nitrogens is 3. The fourth-order valence-corrected chi connectivity index (χ4v) is 0.825. The number of halogens is 3. The Hall–Kier alpha value is 0.171. The minimum Gasteiger partial charge on any atom is -0.445 e. The van der Waals surface area contributed by atoms with Crippen LogP contribution in [0.5, 0.6) is 0 Å². The van der Waals surface area contributed by atoms with Crippen LogP contribution in [0, 0.1) is 0 Å². The van der Waals surface area contributed by atoms with Crippen molar-refractivity contribution in [1.29, 1.82) is 0 Å². The van der Waals surface area contributed by atoms with Crippen LogP contribution >= 0.6 is 0 Å². The van der Waals surface area contributed by atoms with Crippen molar-refractivity contribution in [2.75, 3.05) is 0 Å². The molecule has 0 aliphatic heterocycles. The van der Waals surface area contributed by atoms with Gasteiger partial charge in [0.1, 0.15) is 6.33 Å². The maximum absolute atomic E-state index is 12.1. The molecule has 0 saturated heterocycles. The van der Waals surface area contributed by atoms with Crippen LogP contribution in [0.25, 0.3) is 0 Å². The monoisotopic (exact) mass is 245 g/mol. The summed E-state index contributed by atoms with van der Waals surface area (Å²) in [6, 6.07) is 0. The summed E-state index contributed by atoms with van der Waals surface area (Å²) in [5, 5.41) is 3.49. The van der Waals surface area contributed by atoms with E-state index in [4.69, 9.17) is 0 Å². The fraction of sp³-hybridized carbons (Fsp3) is 0.333. The Morgan fingerprint density at radius 3 is 2.47 bits per heavy atom. The van der Waals surface area contributed by atoms with Crippen LogP contribution in [0.3, 0.4) is 0 Å². The zero-order valence-electron chi connectivity index (χ0n) is 8.45. The third kappa shape index (κ3) is 3.91. The molecule has 0 spiro atoms. The first-order valence-electron chi connectivity index (χ1n) is 3.78. The van der Waals surface area contributed by atoms with Crippen LogP contribution in [-0.2, 0) is 13.6 Å². The van der Waals surface area contributed by atoms with Gasteiger partial charge in [0.05, 0.1) is 0 Å². The van der Waals surface area contributed by atoms with Gasteiger partial charge in [-0.3, -0.25) is 4.57 Å². The molecule has 1 aromatic rings. The largest absolute Gasteiger partial charge is 1.00 e. The SMILES string of the molecule is C=C(Cn1ncn(C)c1=O)[B-](F)(F)F.[K+]. The van der Waals surface area contributed by atoms with Crippen LogP contribution in [0.2, 0.25) is 0 Å². The third-order valence-corrected chi connectivity index (χ3v) is 1.70. The van der Waals surface area contributed by atoms with E-state index in [1.165, 1.54) is 7.05 Å². The van der Waals surface area contributed by atoms with Crippen molar-refractivity contribution in [2.45, 2.75) is 6.54 Å². The van der Waals surface area contributed by atoms with Crippen molar-refractivity contribution in [2.24, 2.45) is 7.05 Å². The molecule has 0 radical (unpaired) electrons. The summed E-state index contributed by atoms with van der Waals surface area (Å²) in [5.41, 5.74) is -1.53. The molecule has 9 heteroatoms. The minimum atomic E-state index is -5.11. The van der Waals surface area contributed by atoms with E-state index in [1.54, 1.807) is 0 Å². The molecule has 0 aromatic carbocycles. The van der Waals surface area contributed by atoms with Crippen molar-refractivity contribution in [3.63, 3.8) is 0 Å². The standard InChI is InChI=1S/C6H8BF3N3O.K/c1-5(7(8,9)10)3-13-6(14)12(2)4-11-13;/h4H,1,3H2,2H3;/q-1;+1. The summed E-state index contributed by atoms with van der Waals surface area (Å²) < 4.78 is 38.1. The summed E-state index contributed by atoms with van der Waals surface area (Å²) in [6.07, 6.45) is 1.15. The van der Waals surface area contributed by atoms with Crippen LogP contribution in [-0.4, -0.2) is 21.3 Å². The maximum atomic E-state index is 12.1. The molecule has 1 aromatic heterocycles. The normalized spacial score (nSPS) is 10.9. The zero-order chi connectivity index (χ0) is 10.9. The van der Waals surface area contributed by atoms with Gasteiger partial charge in [0, 0.05) is 13.6 Å². The van der Waals surface area contributed by atoms with Crippen LogP contribution < -0.4 is 57.1 Å². The Kier molecular flexibility index (Phi) is 5.55. The van der Waals surface area contributed by atoms with Crippen molar-refractivity contribution in [3.05, 3.63) is 28.9 Å². The topological polar surface area (TPSA) is 39.8 Å². The predicted molar refractivity (Wildman–Crippen MR) is 45.7 cm³/mol. The smallest absolute Gasteiger partial charge is 0.445 e. The summed E-state index contributed by atoms with van der Waals surface area (Å²) in [4.78, 5) is 11.1. The average Bonchev–Trinajstić information content (AvgIpc) is 2.34. The van der Waals surface area contributed by atoms with Crippen LogP contribution in [0.4, 0.5) is 12.9 Å². The van der Waals surface area contributed by atoms with Gasteiger partial charge in [-0.25, -0.2) is 9.48 Å². The van der Waals surface area contributed by atoms with Crippen LogP contribution in [0.1, 0.15) is 0 Å². The molecule has 0 bridgehead atoms. The maximum Gasteiger partial charge on any atom is 1.00 e. The first-order valence-corrected chi connectivity index (χ1v) is 3.78. The molecular weight excluding hydrogens is 237 g/mol. The molecule has 0 fully saturated rings. The molecule has 0 unspecified atom stereocenters.